The number of nitrogens with zero attached hydrogens (tertiary/aromatic N) is 6. The van der Waals surface area contributed by atoms with Gasteiger partial charge in [-0.3, -0.25) is 29.7 Å². The van der Waals surface area contributed by atoms with Crippen molar-refractivity contribution in [3.63, 3.8) is 0 Å². The minimum absolute atomic E-state index is 0.0495. The highest BCUT2D eigenvalue weighted by Crippen LogP contribution is 2.42. The van der Waals surface area contributed by atoms with Crippen LogP contribution in [0.3, 0.4) is 0 Å². The number of aliphatic imine (C=N–C) groups is 1. The van der Waals surface area contributed by atoms with E-state index in [0.717, 1.165) is 16.2 Å². The normalized spacial score (nSPS) is 21.8. The van der Waals surface area contributed by atoms with Gasteiger partial charge in [-0.05, 0) is 32.4 Å². The van der Waals surface area contributed by atoms with Crippen LogP contribution in [0.15, 0.2) is 49.9 Å². The van der Waals surface area contributed by atoms with Crippen LogP contribution < -0.4 is 27.9 Å². The average molecular weight is 680 g/mol. The van der Waals surface area contributed by atoms with Gasteiger partial charge in [0.05, 0.1) is 11.2 Å². The Bertz CT molecular complexity index is 1590. The van der Waals surface area contributed by atoms with Crippen molar-refractivity contribution in [2.45, 2.75) is 44.0 Å². The van der Waals surface area contributed by atoms with Gasteiger partial charge >= 0.3 is 5.97 Å². The van der Waals surface area contributed by atoms with Gasteiger partial charge in [-0.15, -0.1) is 40.4 Å². The molecule has 1 aromatic rings. The number of β-lactam (4-membered cyclic amide) rings is 1. The van der Waals surface area contributed by atoms with Gasteiger partial charge in [0, 0.05) is 23.1 Å². The maximum Gasteiger partial charge on any atom is 0.352 e. The quantitative estimate of drug-likeness (QED) is 0.0476. The van der Waals surface area contributed by atoms with Crippen LogP contribution >= 0.6 is 34.9 Å². The molecule has 1 saturated heterocycles. The number of thioether (sulfide) groups is 2. The third kappa shape index (κ3) is 6.35. The van der Waals surface area contributed by atoms with E-state index >= 15 is 0 Å². The van der Waals surface area contributed by atoms with Gasteiger partial charge in [0.1, 0.15) is 29.0 Å². The lowest BCUT2D eigenvalue weighted by Gasteiger charge is -2.49. The summed E-state index contributed by atoms with van der Waals surface area (Å²) in [6.07, 6.45) is 4.15. The molecule has 1 aromatic heterocycles. The lowest BCUT2D eigenvalue weighted by molar-refractivity contribution is -0.150. The van der Waals surface area contributed by atoms with Crippen molar-refractivity contribution in [1.29, 1.82) is 0 Å². The number of amides is 3. The summed E-state index contributed by atoms with van der Waals surface area (Å²) in [7, 11) is 0. The van der Waals surface area contributed by atoms with E-state index in [-0.39, 0.29) is 33.7 Å². The van der Waals surface area contributed by atoms with Crippen molar-refractivity contribution in [1.82, 2.24) is 36.2 Å². The number of hydrazine groups is 3. The molecule has 1 fully saturated rings. The molecule has 45 heavy (non-hydrogen) atoms. The number of nitrogens with two attached hydrogens (primary N) is 2. The fourth-order valence-corrected chi connectivity index (χ4v) is 7.33. The van der Waals surface area contributed by atoms with Crippen molar-refractivity contribution < 1.29 is 34.2 Å². The number of thiazole rings is 1. The molecule has 18 nitrogen and oxygen atoms in total. The predicted molar refractivity (Wildman–Crippen MR) is 166 cm³/mol. The lowest BCUT2D eigenvalue weighted by atomic mass is 10.0. The Balaban J connectivity index is 1.30. The Morgan fingerprint density at radius 1 is 1.38 bits per heavy atom. The van der Waals surface area contributed by atoms with Crippen molar-refractivity contribution in [3.05, 3.63) is 45.5 Å². The highest BCUT2D eigenvalue weighted by molar-refractivity contribution is 8.03. The molecule has 5 rings (SSSR count). The second-order valence-corrected chi connectivity index (χ2v) is 13.2. The summed E-state index contributed by atoms with van der Waals surface area (Å²) in [6, 6.07) is -1.07. The second kappa shape index (κ2) is 12.7. The van der Waals surface area contributed by atoms with Crippen LogP contribution in [0.1, 0.15) is 26.5 Å². The molecule has 4 aliphatic heterocycles. The number of nitrogen functional groups attached to an aromatic ring is 1. The minimum atomic E-state index is -1.56. The van der Waals surface area contributed by atoms with Gasteiger partial charge in [0.25, 0.3) is 17.7 Å². The molecule has 5 heterocycles. The molecular formula is C24H29N11O7S3. The van der Waals surface area contributed by atoms with Gasteiger partial charge in [0.2, 0.25) is 5.60 Å². The molecule has 240 valence electrons. The highest BCUT2D eigenvalue weighted by atomic mass is 32.2. The molecule has 21 heteroatoms. The number of carbonyl (C=O) groups is 4. The van der Waals surface area contributed by atoms with E-state index in [0.29, 0.717) is 16.4 Å². The highest BCUT2D eigenvalue weighted by Gasteiger charge is 2.54. The number of aliphatic carboxylic acids is 1. The Morgan fingerprint density at radius 3 is 2.78 bits per heavy atom. The number of aliphatic hydroxyl groups excluding tert-OH is 1. The summed E-state index contributed by atoms with van der Waals surface area (Å²) in [5.74, 6) is 2.81. The minimum Gasteiger partial charge on any atom is -0.477 e. The van der Waals surface area contributed by atoms with Crippen LogP contribution in [0, 0.1) is 0 Å². The number of aromatic nitrogens is 1. The second-order valence-electron chi connectivity index (χ2n) is 10.2. The van der Waals surface area contributed by atoms with Crippen LogP contribution in [-0.4, -0.2) is 100 Å². The number of oxime groups is 1. The zero-order valence-electron chi connectivity index (χ0n) is 24.0. The summed E-state index contributed by atoms with van der Waals surface area (Å²) in [4.78, 5) is 65.9. The largest absolute Gasteiger partial charge is 0.477 e. The van der Waals surface area contributed by atoms with Crippen LogP contribution in [-0.2, 0) is 24.0 Å². The van der Waals surface area contributed by atoms with E-state index in [1.54, 1.807) is 30.4 Å². The molecule has 0 bridgehead atoms. The fraction of sp³-hybridized carbons (Fsp3) is 0.375. The Kier molecular flexibility index (Phi) is 9.09. The summed E-state index contributed by atoms with van der Waals surface area (Å²) < 4.78 is 0. The van der Waals surface area contributed by atoms with Gasteiger partial charge in [0.15, 0.2) is 16.7 Å². The number of hydrogen-bond donors (Lipinski definition) is 7. The Labute approximate surface area is 268 Å². The van der Waals surface area contributed by atoms with E-state index in [1.165, 1.54) is 47.8 Å². The molecule has 0 saturated carbocycles. The Morgan fingerprint density at radius 2 is 2.13 bits per heavy atom. The number of nitrogens with one attached hydrogen (secondary N) is 3. The number of carboxylic acids is 1. The molecule has 0 aromatic carbocycles. The molecular weight excluding hydrogens is 651 g/mol. The van der Waals surface area contributed by atoms with Crippen molar-refractivity contribution in [2.24, 2.45) is 16.0 Å². The number of hydrogen-bond acceptors (Lipinski definition) is 17. The first-order chi connectivity index (χ1) is 21.3. The molecule has 0 spiro atoms. The first-order valence-corrected chi connectivity index (χ1v) is 16.0. The smallest absolute Gasteiger partial charge is 0.352 e. The number of carbonyl (C=O) groups excluding carboxylic acids is 3. The zero-order valence-corrected chi connectivity index (χ0v) is 26.4. The SMILES string of the molecule is CC(O)N1C=C2N=CC=C(SCC3=C(C(=O)O)N4C(=O)C(NC(=O)/C(=N\OC(C)(C)C(=O)NN)c5csc(N)n5)[C@H]4SC3)N2N1. The van der Waals surface area contributed by atoms with Gasteiger partial charge in [-0.1, -0.05) is 5.16 Å². The summed E-state index contributed by atoms with van der Waals surface area (Å²) in [6.45, 7) is 4.35. The third-order valence-electron chi connectivity index (χ3n) is 6.70. The summed E-state index contributed by atoms with van der Waals surface area (Å²) in [5.41, 5.74) is 9.18. The van der Waals surface area contributed by atoms with Crippen molar-refractivity contribution >= 4 is 75.6 Å². The molecule has 9 N–H and O–H groups in total. The average Bonchev–Trinajstić information content (AvgIpc) is 3.64. The van der Waals surface area contributed by atoms with E-state index in [9.17, 15) is 29.4 Å². The standard InChI is InChI=1S/C24H29N11O7S3/c1-10(36)33-6-13-27-5-4-14(35(13)32-33)43-7-11-8-44-20-16(19(38)34(20)17(11)21(39)40)29-18(37)15(12-9-45-23(25)28-12)31-42-24(2,3)22(41)30-26/h4-6,9-10,16,20,32,36H,7-8,26H2,1-3H3,(H2,25,28)(H,29,37)(H,30,41)(H,39,40)/b31-15-/t10?,16?,20-/m1/s1. The molecule has 0 aliphatic carbocycles. The first kappa shape index (κ1) is 32.2. The number of rotatable bonds is 11. The number of anilines is 1. The van der Waals surface area contributed by atoms with E-state index in [1.807, 2.05) is 5.43 Å². The third-order valence-corrected chi connectivity index (χ3v) is 9.82. The summed E-state index contributed by atoms with van der Waals surface area (Å²) >= 11 is 3.67. The fourth-order valence-electron chi connectivity index (χ4n) is 4.33. The van der Waals surface area contributed by atoms with Crippen LogP contribution in [0.2, 0.25) is 0 Å². The molecule has 0 radical (unpaired) electrons. The van der Waals surface area contributed by atoms with Gasteiger partial charge in [-0.2, -0.15) is 0 Å². The van der Waals surface area contributed by atoms with Crippen LogP contribution in [0.25, 0.3) is 0 Å². The molecule has 2 unspecified atom stereocenters. The van der Waals surface area contributed by atoms with Crippen LogP contribution in [0.4, 0.5) is 5.13 Å². The van der Waals surface area contributed by atoms with E-state index in [2.05, 4.69) is 26.0 Å². The monoisotopic (exact) mass is 679 g/mol. The number of fused-ring (bicyclic) bond motifs is 2. The Hall–Kier alpha value is -4.15. The zero-order chi connectivity index (χ0) is 32.6. The molecule has 3 atom stereocenters. The van der Waals surface area contributed by atoms with E-state index in [4.69, 9.17) is 16.4 Å². The summed E-state index contributed by atoms with van der Waals surface area (Å²) in [5, 5.41) is 31.1. The number of carboxylic acid groups (broad SMARTS) is 1. The number of aliphatic hydroxyl groups is 1. The van der Waals surface area contributed by atoms with Gasteiger partial charge < -0.3 is 26.1 Å². The van der Waals surface area contributed by atoms with Crippen molar-refractivity contribution in [3.8, 4) is 0 Å². The lowest BCUT2D eigenvalue weighted by Crippen LogP contribution is -2.71. The van der Waals surface area contributed by atoms with Gasteiger partial charge in [-0.25, -0.2) is 25.6 Å². The van der Waals surface area contributed by atoms with Crippen LogP contribution in [0.5, 0.6) is 0 Å². The first-order valence-electron chi connectivity index (χ1n) is 13.1. The maximum atomic E-state index is 13.4. The predicted octanol–water partition coefficient (Wildman–Crippen LogP) is -1.21. The molecule has 3 amide bonds. The van der Waals surface area contributed by atoms with Crippen molar-refractivity contribution in [2.75, 3.05) is 17.2 Å². The van der Waals surface area contributed by atoms with E-state index < -0.39 is 46.9 Å². The molecule has 4 aliphatic rings. The maximum absolute atomic E-state index is 13.4. The number of allylic oxidation sites excluding steroid dienone is 1. The topological polar surface area (TPSA) is 253 Å².